The molecule has 0 unspecified atom stereocenters. The predicted molar refractivity (Wildman–Crippen MR) is 115 cm³/mol. The maximum Gasteiger partial charge on any atom is 0.317 e. The number of piperazine rings is 1. The van der Waals surface area contributed by atoms with Gasteiger partial charge in [-0.3, -0.25) is 0 Å². The van der Waals surface area contributed by atoms with Crippen LogP contribution in [0.15, 0.2) is 30.3 Å². The highest BCUT2D eigenvalue weighted by Crippen LogP contribution is 2.35. The summed E-state index contributed by atoms with van der Waals surface area (Å²) in [7, 11) is 0. The number of nitrogens with one attached hydrogen (secondary N) is 3. The van der Waals surface area contributed by atoms with Crippen LogP contribution in [0.3, 0.4) is 0 Å². The molecule has 9 heteroatoms. The summed E-state index contributed by atoms with van der Waals surface area (Å²) in [4.78, 5) is 17.0. The van der Waals surface area contributed by atoms with Crippen molar-refractivity contribution in [2.24, 2.45) is 0 Å². The monoisotopic (exact) mass is 409 g/mol. The number of aromatic nitrogens is 2. The van der Waals surface area contributed by atoms with Gasteiger partial charge in [0.25, 0.3) is 0 Å². The highest BCUT2D eigenvalue weighted by Gasteiger charge is 2.35. The Morgan fingerprint density at radius 1 is 1.17 bits per heavy atom. The normalized spacial score (nSPS) is 21.4. The molecule has 9 nitrogen and oxygen atoms in total. The highest BCUT2D eigenvalue weighted by atomic mass is 16.3. The zero-order valence-corrected chi connectivity index (χ0v) is 16.8. The number of benzene rings is 1. The van der Waals surface area contributed by atoms with E-state index in [2.05, 4.69) is 31.0 Å². The molecular weight excluding hydrogens is 382 g/mol. The Balaban J connectivity index is 1.31. The van der Waals surface area contributed by atoms with Crippen LogP contribution in [-0.2, 0) is 0 Å². The van der Waals surface area contributed by atoms with Crippen molar-refractivity contribution in [3.63, 3.8) is 0 Å². The third-order valence-corrected chi connectivity index (χ3v) is 6.21. The van der Waals surface area contributed by atoms with Crippen molar-refractivity contribution in [2.75, 3.05) is 49.5 Å². The van der Waals surface area contributed by atoms with Crippen molar-refractivity contribution < 1.29 is 9.90 Å². The van der Waals surface area contributed by atoms with Crippen LogP contribution in [0.4, 0.5) is 16.3 Å². The van der Waals surface area contributed by atoms with Gasteiger partial charge in [-0.2, -0.15) is 0 Å². The number of urea groups is 1. The van der Waals surface area contributed by atoms with Crippen molar-refractivity contribution in [2.45, 2.75) is 24.9 Å². The molecule has 0 aliphatic carbocycles. The quantitative estimate of drug-likeness (QED) is 0.591. The van der Waals surface area contributed by atoms with Crippen molar-refractivity contribution >= 4 is 17.5 Å². The van der Waals surface area contributed by atoms with E-state index in [1.54, 1.807) is 12.1 Å². The van der Waals surface area contributed by atoms with E-state index in [1.807, 2.05) is 23.1 Å². The molecule has 2 saturated heterocycles. The molecule has 30 heavy (non-hydrogen) atoms. The lowest BCUT2D eigenvalue weighted by atomic mass is 10.1. The van der Waals surface area contributed by atoms with Gasteiger partial charge in [0.15, 0.2) is 5.82 Å². The summed E-state index contributed by atoms with van der Waals surface area (Å²) in [5.41, 5.74) is 2.27. The van der Waals surface area contributed by atoms with Gasteiger partial charge in [0.2, 0.25) is 0 Å². The van der Waals surface area contributed by atoms with Crippen LogP contribution in [0, 0.1) is 0 Å². The van der Waals surface area contributed by atoms with Gasteiger partial charge in [-0.05, 0) is 44.1 Å². The standard InChI is InChI=1S/C21H27N7O2/c29-19-4-2-1-3-16(19)17-11-18-20(26-25-17)23-12-15-13-27(9-10-28(15)18)21(30)24-14-5-7-22-8-6-14/h1-4,11,14-15,22,29H,5-10,12-13H2,(H,23,26)(H,24,30)/t15-/m0/s1. The number of fused-ring (bicyclic) bond motifs is 3. The molecule has 4 N–H and O–H groups in total. The number of nitrogens with zero attached hydrogens (tertiary/aromatic N) is 4. The molecule has 4 heterocycles. The lowest BCUT2D eigenvalue weighted by Crippen LogP contribution is -2.61. The van der Waals surface area contributed by atoms with Gasteiger partial charge in [-0.15, -0.1) is 10.2 Å². The fourth-order valence-corrected chi connectivity index (χ4v) is 4.53. The number of para-hydroxylation sites is 1. The summed E-state index contributed by atoms with van der Waals surface area (Å²) in [6.45, 7) is 4.71. The van der Waals surface area contributed by atoms with Gasteiger partial charge in [0.1, 0.15) is 5.75 Å². The molecule has 1 atom stereocenters. The number of rotatable bonds is 2. The minimum atomic E-state index is 0.0371. The number of hydrogen-bond donors (Lipinski definition) is 4. The number of amides is 2. The van der Waals surface area contributed by atoms with Gasteiger partial charge in [-0.25, -0.2) is 4.79 Å². The van der Waals surface area contributed by atoms with E-state index >= 15 is 0 Å². The van der Waals surface area contributed by atoms with Crippen LogP contribution in [0.2, 0.25) is 0 Å². The first-order chi connectivity index (χ1) is 14.7. The fraction of sp³-hybridized carbons (Fsp3) is 0.476. The first kappa shape index (κ1) is 18.9. The van der Waals surface area contributed by atoms with E-state index in [4.69, 9.17) is 0 Å². The number of phenolic OH excluding ortho intramolecular Hbond substituents is 1. The Hall–Kier alpha value is -3.07. The number of carbonyl (C=O) groups excluding carboxylic acids is 1. The average Bonchev–Trinajstić information content (AvgIpc) is 2.79. The maximum absolute atomic E-state index is 12.8. The zero-order chi connectivity index (χ0) is 20.5. The van der Waals surface area contributed by atoms with Crippen molar-refractivity contribution in [1.29, 1.82) is 0 Å². The summed E-state index contributed by atoms with van der Waals surface area (Å²) in [5.74, 6) is 0.935. The number of aromatic hydroxyl groups is 1. The number of phenols is 1. The molecule has 1 aromatic heterocycles. The molecule has 5 rings (SSSR count). The van der Waals surface area contributed by atoms with Crippen molar-refractivity contribution in [3.05, 3.63) is 30.3 Å². The molecule has 2 amide bonds. The Morgan fingerprint density at radius 3 is 2.83 bits per heavy atom. The number of carbonyl (C=O) groups is 1. The zero-order valence-electron chi connectivity index (χ0n) is 16.8. The van der Waals surface area contributed by atoms with E-state index in [0.717, 1.165) is 50.5 Å². The van der Waals surface area contributed by atoms with Crippen LogP contribution < -0.4 is 20.9 Å². The second-order valence-electron chi connectivity index (χ2n) is 8.13. The summed E-state index contributed by atoms with van der Waals surface area (Å²) in [6, 6.07) is 9.59. The highest BCUT2D eigenvalue weighted by molar-refractivity contribution is 5.78. The third kappa shape index (κ3) is 3.60. The Bertz CT molecular complexity index is 931. The lowest BCUT2D eigenvalue weighted by Gasteiger charge is -2.46. The first-order valence-corrected chi connectivity index (χ1v) is 10.6. The van der Waals surface area contributed by atoms with Crippen LogP contribution in [0.1, 0.15) is 12.8 Å². The minimum absolute atomic E-state index is 0.0371. The summed E-state index contributed by atoms with van der Waals surface area (Å²) in [5, 5.41) is 28.7. The molecule has 3 aliphatic heterocycles. The molecule has 1 aromatic carbocycles. The molecule has 3 aliphatic rings. The van der Waals surface area contributed by atoms with Gasteiger partial charge < -0.3 is 30.9 Å². The minimum Gasteiger partial charge on any atom is -0.507 e. The SMILES string of the molecule is O=C(NC1CCNCC1)N1CCN2c3cc(-c4ccccc4O)nnc3NC[C@H]2C1. The van der Waals surface area contributed by atoms with Crippen LogP contribution >= 0.6 is 0 Å². The lowest BCUT2D eigenvalue weighted by molar-refractivity contribution is 0.179. The molecule has 0 bridgehead atoms. The Morgan fingerprint density at radius 2 is 2.00 bits per heavy atom. The molecule has 0 radical (unpaired) electrons. The summed E-state index contributed by atoms with van der Waals surface area (Å²) in [6.07, 6.45) is 1.97. The third-order valence-electron chi connectivity index (χ3n) is 6.21. The Kier molecular flexibility index (Phi) is 5.04. The molecular formula is C21H27N7O2. The van der Waals surface area contributed by atoms with Crippen LogP contribution in [0.25, 0.3) is 11.3 Å². The predicted octanol–water partition coefficient (Wildman–Crippen LogP) is 1.23. The molecule has 0 saturated carbocycles. The van der Waals surface area contributed by atoms with Crippen molar-refractivity contribution in [3.8, 4) is 17.0 Å². The van der Waals surface area contributed by atoms with Crippen LogP contribution in [-0.4, -0.2) is 77.6 Å². The van der Waals surface area contributed by atoms with E-state index in [-0.39, 0.29) is 23.9 Å². The van der Waals surface area contributed by atoms with Crippen LogP contribution in [0.5, 0.6) is 5.75 Å². The topological polar surface area (TPSA) is 106 Å². The largest absolute Gasteiger partial charge is 0.507 e. The molecule has 2 fully saturated rings. The van der Waals surface area contributed by atoms with E-state index < -0.39 is 0 Å². The molecule has 158 valence electrons. The van der Waals surface area contributed by atoms with E-state index in [0.29, 0.717) is 24.3 Å². The van der Waals surface area contributed by atoms with E-state index in [1.165, 1.54) is 0 Å². The smallest absolute Gasteiger partial charge is 0.317 e. The second-order valence-corrected chi connectivity index (χ2v) is 8.13. The second kappa shape index (κ2) is 7.98. The first-order valence-electron chi connectivity index (χ1n) is 10.6. The van der Waals surface area contributed by atoms with Gasteiger partial charge in [0.05, 0.1) is 17.4 Å². The summed E-state index contributed by atoms with van der Waals surface area (Å²) >= 11 is 0. The van der Waals surface area contributed by atoms with Crippen molar-refractivity contribution in [1.82, 2.24) is 25.7 Å². The maximum atomic E-state index is 12.8. The number of piperidine rings is 1. The van der Waals surface area contributed by atoms with Gasteiger partial charge >= 0.3 is 6.03 Å². The Labute approximate surface area is 175 Å². The van der Waals surface area contributed by atoms with E-state index in [9.17, 15) is 9.90 Å². The average molecular weight is 409 g/mol. The summed E-state index contributed by atoms with van der Waals surface area (Å²) < 4.78 is 0. The fourth-order valence-electron chi connectivity index (χ4n) is 4.53. The molecule has 2 aromatic rings. The molecule has 0 spiro atoms. The number of anilines is 2. The van der Waals surface area contributed by atoms with Gasteiger partial charge in [0, 0.05) is 37.8 Å². The number of hydrogen-bond acceptors (Lipinski definition) is 7. The van der Waals surface area contributed by atoms with Gasteiger partial charge in [-0.1, -0.05) is 12.1 Å².